The van der Waals surface area contributed by atoms with Crippen LogP contribution in [0.2, 0.25) is 0 Å². The smallest absolute Gasteiger partial charge is 0.263 e. The Labute approximate surface area is 127 Å². The molecule has 0 radical (unpaired) electrons. The molecule has 3 heterocycles. The number of rotatable bonds is 4. The second-order valence-corrected chi connectivity index (χ2v) is 6.09. The molecular formula is C15H17N3O2S. The standard InChI is InChI=1S/C15H17N3O2S/c1-10-13(14(19)17-8-11-5-7-20-9-11)21-15(18-10)12-4-2-3-6-16-12/h2-4,6,11H,5,7-9H2,1H3,(H,17,19)/t11-/m0/s1. The topological polar surface area (TPSA) is 64.1 Å². The first-order chi connectivity index (χ1) is 10.2. The van der Waals surface area contributed by atoms with Crippen molar-refractivity contribution in [2.24, 2.45) is 5.92 Å². The van der Waals surface area contributed by atoms with Crippen molar-refractivity contribution in [2.75, 3.05) is 19.8 Å². The molecule has 0 aliphatic carbocycles. The third-order valence-corrected chi connectivity index (χ3v) is 4.64. The van der Waals surface area contributed by atoms with Gasteiger partial charge in [0.2, 0.25) is 0 Å². The van der Waals surface area contributed by atoms with Gasteiger partial charge in [0.15, 0.2) is 0 Å². The maximum absolute atomic E-state index is 12.3. The first-order valence-corrected chi connectivity index (χ1v) is 7.80. The maximum atomic E-state index is 12.3. The molecule has 21 heavy (non-hydrogen) atoms. The summed E-state index contributed by atoms with van der Waals surface area (Å²) in [6, 6.07) is 5.68. The van der Waals surface area contributed by atoms with Gasteiger partial charge in [-0.05, 0) is 25.5 Å². The van der Waals surface area contributed by atoms with Gasteiger partial charge in [0.1, 0.15) is 9.88 Å². The van der Waals surface area contributed by atoms with Crippen molar-refractivity contribution in [1.82, 2.24) is 15.3 Å². The highest BCUT2D eigenvalue weighted by Crippen LogP contribution is 2.26. The Morgan fingerprint density at radius 2 is 2.43 bits per heavy atom. The Bertz CT molecular complexity index is 621. The molecule has 1 aliphatic rings. The van der Waals surface area contributed by atoms with Crippen molar-refractivity contribution in [1.29, 1.82) is 0 Å². The fourth-order valence-corrected chi connectivity index (χ4v) is 3.23. The van der Waals surface area contributed by atoms with Crippen molar-refractivity contribution in [3.8, 4) is 10.7 Å². The fraction of sp³-hybridized carbons (Fsp3) is 0.400. The molecule has 0 unspecified atom stereocenters. The highest BCUT2D eigenvalue weighted by molar-refractivity contribution is 7.17. The average Bonchev–Trinajstić information content (AvgIpc) is 3.15. The van der Waals surface area contributed by atoms with Gasteiger partial charge in [-0.25, -0.2) is 4.98 Å². The van der Waals surface area contributed by atoms with E-state index in [2.05, 4.69) is 15.3 Å². The molecule has 0 spiro atoms. The number of hydrogen-bond acceptors (Lipinski definition) is 5. The minimum atomic E-state index is -0.0564. The summed E-state index contributed by atoms with van der Waals surface area (Å²) in [5.41, 5.74) is 1.55. The molecule has 0 aromatic carbocycles. The lowest BCUT2D eigenvalue weighted by atomic mass is 10.1. The average molecular weight is 303 g/mol. The molecule has 1 amide bonds. The summed E-state index contributed by atoms with van der Waals surface area (Å²) in [4.78, 5) is 21.7. The van der Waals surface area contributed by atoms with E-state index < -0.39 is 0 Å². The molecule has 3 rings (SSSR count). The number of aromatic nitrogens is 2. The normalized spacial score (nSPS) is 17.9. The van der Waals surface area contributed by atoms with Crippen molar-refractivity contribution in [2.45, 2.75) is 13.3 Å². The highest BCUT2D eigenvalue weighted by atomic mass is 32.1. The predicted octanol–water partition coefficient (Wildman–Crippen LogP) is 2.28. The third-order valence-electron chi connectivity index (χ3n) is 3.46. The van der Waals surface area contributed by atoms with E-state index in [9.17, 15) is 4.79 Å². The van der Waals surface area contributed by atoms with Crippen LogP contribution in [0.4, 0.5) is 0 Å². The molecule has 110 valence electrons. The lowest BCUT2D eigenvalue weighted by Gasteiger charge is -2.08. The first-order valence-electron chi connectivity index (χ1n) is 6.99. The molecule has 1 atom stereocenters. The van der Waals surface area contributed by atoms with Crippen LogP contribution in [0.3, 0.4) is 0 Å². The highest BCUT2D eigenvalue weighted by Gasteiger charge is 2.20. The molecule has 1 N–H and O–H groups in total. The van der Waals surface area contributed by atoms with Gasteiger partial charge >= 0.3 is 0 Å². The van der Waals surface area contributed by atoms with Gasteiger partial charge in [-0.1, -0.05) is 6.07 Å². The van der Waals surface area contributed by atoms with Crippen LogP contribution < -0.4 is 5.32 Å². The van der Waals surface area contributed by atoms with Crippen molar-refractivity contribution in [3.63, 3.8) is 0 Å². The van der Waals surface area contributed by atoms with E-state index in [0.29, 0.717) is 17.3 Å². The lowest BCUT2D eigenvalue weighted by molar-refractivity contribution is 0.0948. The Balaban J connectivity index is 1.70. The Morgan fingerprint density at radius 1 is 1.52 bits per heavy atom. The van der Waals surface area contributed by atoms with Gasteiger partial charge in [0, 0.05) is 25.3 Å². The summed E-state index contributed by atoms with van der Waals surface area (Å²) >= 11 is 1.39. The summed E-state index contributed by atoms with van der Waals surface area (Å²) in [7, 11) is 0. The number of pyridine rings is 1. The lowest BCUT2D eigenvalue weighted by Crippen LogP contribution is -2.29. The third kappa shape index (κ3) is 3.28. The van der Waals surface area contributed by atoms with Crippen LogP contribution in [0, 0.1) is 12.8 Å². The van der Waals surface area contributed by atoms with E-state index in [1.54, 1.807) is 6.20 Å². The Kier molecular flexibility index (Phi) is 4.26. The Morgan fingerprint density at radius 3 is 3.14 bits per heavy atom. The van der Waals surface area contributed by atoms with Crippen LogP contribution in [0.15, 0.2) is 24.4 Å². The van der Waals surface area contributed by atoms with Gasteiger partial charge in [-0.3, -0.25) is 9.78 Å². The minimum Gasteiger partial charge on any atom is -0.381 e. The first kappa shape index (κ1) is 14.2. The molecule has 0 saturated carbocycles. The number of ether oxygens (including phenoxy) is 1. The van der Waals surface area contributed by atoms with Crippen LogP contribution >= 0.6 is 11.3 Å². The SMILES string of the molecule is Cc1nc(-c2ccccn2)sc1C(=O)NC[C@@H]1CCOC1. The van der Waals surface area contributed by atoms with Gasteiger partial charge < -0.3 is 10.1 Å². The number of carbonyl (C=O) groups excluding carboxylic acids is 1. The van der Waals surface area contributed by atoms with Crippen LogP contribution in [-0.4, -0.2) is 35.6 Å². The molecular weight excluding hydrogens is 286 g/mol. The molecule has 2 aromatic rings. The minimum absolute atomic E-state index is 0.0564. The van der Waals surface area contributed by atoms with E-state index in [1.807, 2.05) is 25.1 Å². The quantitative estimate of drug-likeness (QED) is 0.941. The summed E-state index contributed by atoms with van der Waals surface area (Å²) in [5, 5.41) is 3.76. The molecule has 6 heteroatoms. The number of nitrogens with one attached hydrogen (secondary N) is 1. The summed E-state index contributed by atoms with van der Waals surface area (Å²) < 4.78 is 5.31. The molecule has 5 nitrogen and oxygen atoms in total. The second-order valence-electron chi connectivity index (χ2n) is 5.09. The number of thiazole rings is 1. The zero-order valence-corrected chi connectivity index (χ0v) is 12.7. The monoisotopic (exact) mass is 303 g/mol. The maximum Gasteiger partial charge on any atom is 0.263 e. The van der Waals surface area contributed by atoms with E-state index in [0.717, 1.165) is 36.0 Å². The Hall–Kier alpha value is -1.79. The van der Waals surface area contributed by atoms with E-state index in [4.69, 9.17) is 4.74 Å². The van der Waals surface area contributed by atoms with Gasteiger partial charge in [-0.2, -0.15) is 0 Å². The number of amides is 1. The number of carbonyl (C=O) groups is 1. The number of aryl methyl sites for hydroxylation is 1. The second kappa shape index (κ2) is 6.32. The molecule has 1 aliphatic heterocycles. The van der Waals surface area contributed by atoms with Crippen LogP contribution in [0.25, 0.3) is 10.7 Å². The van der Waals surface area contributed by atoms with Crippen molar-refractivity contribution < 1.29 is 9.53 Å². The number of nitrogens with zero attached hydrogens (tertiary/aromatic N) is 2. The zero-order chi connectivity index (χ0) is 14.7. The van der Waals surface area contributed by atoms with Crippen LogP contribution in [0.1, 0.15) is 21.8 Å². The van der Waals surface area contributed by atoms with Gasteiger partial charge in [-0.15, -0.1) is 11.3 Å². The van der Waals surface area contributed by atoms with Crippen LogP contribution in [-0.2, 0) is 4.74 Å². The van der Waals surface area contributed by atoms with E-state index >= 15 is 0 Å². The number of hydrogen-bond donors (Lipinski definition) is 1. The molecule has 2 aromatic heterocycles. The summed E-state index contributed by atoms with van der Waals surface area (Å²) in [5.74, 6) is 0.372. The zero-order valence-electron chi connectivity index (χ0n) is 11.8. The fourth-order valence-electron chi connectivity index (χ4n) is 2.27. The molecule has 0 bridgehead atoms. The van der Waals surface area contributed by atoms with Gasteiger partial charge in [0.25, 0.3) is 5.91 Å². The predicted molar refractivity (Wildman–Crippen MR) is 81.3 cm³/mol. The van der Waals surface area contributed by atoms with Crippen molar-refractivity contribution >= 4 is 17.2 Å². The summed E-state index contributed by atoms with van der Waals surface area (Å²) in [6.07, 6.45) is 2.74. The van der Waals surface area contributed by atoms with E-state index in [-0.39, 0.29) is 5.91 Å². The van der Waals surface area contributed by atoms with Gasteiger partial charge in [0.05, 0.1) is 18.0 Å². The van der Waals surface area contributed by atoms with Crippen LogP contribution in [0.5, 0.6) is 0 Å². The molecule has 1 fully saturated rings. The summed E-state index contributed by atoms with van der Waals surface area (Å²) in [6.45, 7) is 4.05. The van der Waals surface area contributed by atoms with E-state index in [1.165, 1.54) is 11.3 Å². The molecule has 1 saturated heterocycles. The largest absolute Gasteiger partial charge is 0.381 e. The van der Waals surface area contributed by atoms with Crippen molar-refractivity contribution in [3.05, 3.63) is 35.0 Å².